The van der Waals surface area contributed by atoms with E-state index in [1.54, 1.807) is 0 Å². The predicted molar refractivity (Wildman–Crippen MR) is 156 cm³/mol. The van der Waals surface area contributed by atoms with Crippen LogP contribution < -0.4 is 10.6 Å². The molecule has 4 heterocycles. The van der Waals surface area contributed by atoms with Crippen LogP contribution in [-0.4, -0.2) is 95.5 Å². The Kier molecular flexibility index (Phi) is 7.56. The highest BCUT2D eigenvalue weighted by molar-refractivity contribution is 5.82. The maximum atomic E-state index is 12.8. The number of carbonyl (C=O) groups excluding carboxylic acids is 1. The molecule has 2 aliphatic heterocycles. The second-order valence-electron chi connectivity index (χ2n) is 11.9. The molecule has 9 nitrogen and oxygen atoms in total. The highest BCUT2D eigenvalue weighted by Gasteiger charge is 2.38. The van der Waals surface area contributed by atoms with E-state index < -0.39 is 0 Å². The number of likely N-dealkylation sites (tertiary alicyclic amines) is 1. The summed E-state index contributed by atoms with van der Waals surface area (Å²) in [5, 5.41) is 14.1. The van der Waals surface area contributed by atoms with E-state index in [1.807, 2.05) is 22.7 Å². The Hall–Kier alpha value is -2.98. The molecule has 1 aromatic carbocycles. The van der Waals surface area contributed by atoms with Crippen molar-refractivity contribution >= 4 is 17.1 Å². The van der Waals surface area contributed by atoms with Crippen molar-refractivity contribution in [1.29, 1.82) is 0 Å². The topological polar surface area (TPSA) is 99.6 Å². The average molecular weight is 547 g/mol. The van der Waals surface area contributed by atoms with Crippen LogP contribution in [0.4, 0.5) is 5.69 Å². The number of aromatic nitrogens is 2. The van der Waals surface area contributed by atoms with Crippen LogP contribution in [0.5, 0.6) is 0 Å². The summed E-state index contributed by atoms with van der Waals surface area (Å²) in [5.41, 5.74) is 11.3. The second-order valence-corrected chi connectivity index (χ2v) is 11.9. The van der Waals surface area contributed by atoms with Gasteiger partial charge in [0.15, 0.2) is 0 Å². The van der Waals surface area contributed by atoms with Gasteiger partial charge >= 0.3 is 0 Å². The molecule has 2 aromatic heterocycles. The Bertz CT molecular complexity index is 1320. The number of nitrogens with zero attached hydrogens (tertiary/aromatic N) is 5. The van der Waals surface area contributed by atoms with Crippen LogP contribution in [0.25, 0.3) is 16.6 Å². The summed E-state index contributed by atoms with van der Waals surface area (Å²) >= 11 is 0. The van der Waals surface area contributed by atoms with Gasteiger partial charge in [-0.25, -0.2) is 4.52 Å². The molecule has 40 heavy (non-hydrogen) atoms. The van der Waals surface area contributed by atoms with Gasteiger partial charge in [0.25, 0.3) is 0 Å². The highest BCUT2D eigenvalue weighted by atomic mass is 16.5. The van der Waals surface area contributed by atoms with E-state index in [0.717, 1.165) is 87.3 Å². The second kappa shape index (κ2) is 11.1. The number of piperazine rings is 1. The first-order valence-corrected chi connectivity index (χ1v) is 14.7. The fourth-order valence-corrected chi connectivity index (χ4v) is 6.73. The molecule has 2 saturated heterocycles. The molecule has 6 rings (SSSR count). The van der Waals surface area contributed by atoms with Crippen molar-refractivity contribution < 1.29 is 14.6 Å². The summed E-state index contributed by atoms with van der Waals surface area (Å²) < 4.78 is 8.07. The number of nitrogens with two attached hydrogens (primary N) is 1. The van der Waals surface area contributed by atoms with Gasteiger partial charge in [0.2, 0.25) is 5.91 Å². The van der Waals surface area contributed by atoms with Gasteiger partial charge < -0.3 is 25.4 Å². The fraction of sp³-hybridized carbons (Fsp3) is 0.548. The smallest absolute Gasteiger partial charge is 0.225 e. The van der Waals surface area contributed by atoms with Crippen LogP contribution in [0, 0.1) is 5.92 Å². The van der Waals surface area contributed by atoms with Gasteiger partial charge in [0, 0.05) is 82.3 Å². The Morgan fingerprint density at radius 2 is 1.77 bits per heavy atom. The lowest BCUT2D eigenvalue weighted by Gasteiger charge is -2.43. The molecule has 3 aliphatic rings. The molecule has 0 bridgehead atoms. The van der Waals surface area contributed by atoms with Gasteiger partial charge in [-0.05, 0) is 55.9 Å². The third kappa shape index (κ3) is 5.00. The Balaban J connectivity index is 1.16. The fourth-order valence-electron chi connectivity index (χ4n) is 6.73. The van der Waals surface area contributed by atoms with E-state index in [2.05, 4.69) is 64.4 Å². The molecule has 1 atom stereocenters. The maximum Gasteiger partial charge on any atom is 0.225 e. The number of hydrogen-bond acceptors (Lipinski definition) is 7. The molecule has 1 saturated carbocycles. The van der Waals surface area contributed by atoms with Crippen LogP contribution in [0.3, 0.4) is 0 Å². The first kappa shape index (κ1) is 27.2. The minimum Gasteiger partial charge on any atom is -0.395 e. The number of fused-ring (bicyclic) bond motifs is 1. The lowest BCUT2D eigenvalue weighted by molar-refractivity contribution is -0.139. The first-order valence-electron chi connectivity index (χ1n) is 14.7. The quantitative estimate of drug-likeness (QED) is 0.470. The Labute approximate surface area is 236 Å². The zero-order chi connectivity index (χ0) is 27.9. The number of aliphatic hydroxyl groups is 1. The first-order chi connectivity index (χ1) is 19.4. The number of carbonyl (C=O) groups is 1. The standard InChI is InChI=1S/C31H42N6O3/c1-22(21-38)34-11-8-31(40-2,9-12-34)26-5-3-23(4-6-26)25-19-29-28(7-10-33-37(29)20-25)35-13-15-36(16-14-35)30(39)24-17-27(32)18-24/h3-7,10,19-20,22,24,27,38H,8-9,11-18,21,32H2,1-2H3/t22-,24?,27?/m1/s1. The molecular weight excluding hydrogens is 504 g/mol. The summed E-state index contributed by atoms with van der Waals surface area (Å²) in [6, 6.07) is 13.4. The molecule has 0 radical (unpaired) electrons. The number of aliphatic hydroxyl groups excluding tert-OH is 1. The molecule has 214 valence electrons. The third-order valence-corrected chi connectivity index (χ3v) is 9.57. The van der Waals surface area contributed by atoms with Gasteiger partial charge in [-0.3, -0.25) is 9.69 Å². The van der Waals surface area contributed by atoms with Crippen LogP contribution >= 0.6 is 0 Å². The lowest BCUT2D eigenvalue weighted by Crippen LogP contribution is -2.53. The monoisotopic (exact) mass is 546 g/mol. The SMILES string of the molecule is COC1(c2ccc(-c3cc4c(N5CCN(C(=O)C6CC(N)C6)CC5)ccnn4c3)cc2)CCN([C@H](C)CO)CC1. The largest absolute Gasteiger partial charge is 0.395 e. The van der Waals surface area contributed by atoms with Gasteiger partial charge in [-0.15, -0.1) is 0 Å². The molecule has 0 unspecified atom stereocenters. The number of piperidine rings is 1. The minimum absolute atomic E-state index is 0.121. The predicted octanol–water partition coefficient (Wildman–Crippen LogP) is 2.71. The molecule has 1 amide bonds. The average Bonchev–Trinajstić information content (AvgIpc) is 3.44. The zero-order valence-electron chi connectivity index (χ0n) is 23.7. The zero-order valence-corrected chi connectivity index (χ0v) is 23.7. The van der Waals surface area contributed by atoms with Crippen molar-refractivity contribution in [1.82, 2.24) is 19.4 Å². The summed E-state index contributed by atoms with van der Waals surface area (Å²) in [6.07, 6.45) is 7.41. The minimum atomic E-state index is -0.293. The third-order valence-electron chi connectivity index (χ3n) is 9.57. The van der Waals surface area contributed by atoms with Gasteiger partial charge in [0.1, 0.15) is 0 Å². The van der Waals surface area contributed by atoms with E-state index in [1.165, 1.54) is 5.56 Å². The summed E-state index contributed by atoms with van der Waals surface area (Å²) in [7, 11) is 1.81. The van der Waals surface area contributed by atoms with Crippen molar-refractivity contribution in [2.45, 2.75) is 50.3 Å². The van der Waals surface area contributed by atoms with E-state index in [0.29, 0.717) is 0 Å². The van der Waals surface area contributed by atoms with E-state index >= 15 is 0 Å². The van der Waals surface area contributed by atoms with E-state index in [4.69, 9.17) is 10.5 Å². The summed E-state index contributed by atoms with van der Waals surface area (Å²) in [4.78, 5) is 19.5. The normalized spacial score (nSPS) is 24.2. The molecule has 1 aliphatic carbocycles. The number of hydrogen-bond donors (Lipinski definition) is 2. The Morgan fingerprint density at radius 3 is 2.40 bits per heavy atom. The maximum absolute atomic E-state index is 12.8. The van der Waals surface area contributed by atoms with E-state index in [9.17, 15) is 9.90 Å². The summed E-state index contributed by atoms with van der Waals surface area (Å²) in [5.74, 6) is 0.394. The van der Waals surface area contributed by atoms with Crippen LogP contribution in [0.15, 0.2) is 48.8 Å². The van der Waals surface area contributed by atoms with Crippen molar-refractivity contribution in [2.75, 3.05) is 57.9 Å². The number of rotatable bonds is 7. The molecule has 3 fully saturated rings. The number of methoxy groups -OCH3 is 1. The van der Waals surface area contributed by atoms with Gasteiger partial charge in [0.05, 0.1) is 23.4 Å². The van der Waals surface area contributed by atoms with E-state index in [-0.39, 0.29) is 36.1 Å². The van der Waals surface area contributed by atoms with Gasteiger partial charge in [-0.2, -0.15) is 5.10 Å². The van der Waals surface area contributed by atoms with Crippen molar-refractivity contribution in [2.24, 2.45) is 11.7 Å². The molecular formula is C31H42N6O3. The molecule has 9 heteroatoms. The molecule has 3 N–H and O–H groups in total. The molecule has 0 spiro atoms. The van der Waals surface area contributed by atoms with Crippen molar-refractivity contribution in [3.8, 4) is 11.1 Å². The number of amides is 1. The highest BCUT2D eigenvalue weighted by Crippen LogP contribution is 2.38. The number of ether oxygens (including phenoxy) is 1. The lowest BCUT2D eigenvalue weighted by atomic mass is 9.80. The summed E-state index contributed by atoms with van der Waals surface area (Å²) in [6.45, 7) is 7.19. The number of benzene rings is 1. The molecule has 3 aromatic rings. The van der Waals surface area contributed by atoms with Crippen LogP contribution in [0.2, 0.25) is 0 Å². The van der Waals surface area contributed by atoms with Crippen LogP contribution in [-0.2, 0) is 15.1 Å². The van der Waals surface area contributed by atoms with Crippen molar-refractivity contribution in [3.05, 3.63) is 54.4 Å². The Morgan fingerprint density at radius 1 is 1.07 bits per heavy atom. The van der Waals surface area contributed by atoms with Crippen LogP contribution in [0.1, 0.15) is 38.2 Å². The van der Waals surface area contributed by atoms with Gasteiger partial charge in [-0.1, -0.05) is 24.3 Å². The number of anilines is 1. The van der Waals surface area contributed by atoms with Crippen molar-refractivity contribution in [3.63, 3.8) is 0 Å².